The van der Waals surface area contributed by atoms with Gasteiger partial charge in [0.1, 0.15) is 6.17 Å². The van der Waals surface area contributed by atoms with E-state index in [1.165, 1.54) is 22.2 Å². The summed E-state index contributed by atoms with van der Waals surface area (Å²) in [5, 5.41) is 1.26. The van der Waals surface area contributed by atoms with E-state index < -0.39 is 0 Å². The molecule has 0 bridgehead atoms. The number of amides is 1. The second-order valence-electron chi connectivity index (χ2n) is 11.7. The Hall–Kier alpha value is -3.72. The van der Waals surface area contributed by atoms with E-state index in [1.807, 2.05) is 41.3 Å². The third kappa shape index (κ3) is 6.43. The molecule has 0 saturated carbocycles. The number of rotatable bonds is 14. The van der Waals surface area contributed by atoms with Crippen molar-refractivity contribution in [3.05, 3.63) is 95.2 Å². The number of fused-ring (bicyclic) bond motifs is 6. The minimum absolute atomic E-state index is 0.0957. The normalized spacial score (nSPS) is 15.5. The number of aromatic nitrogens is 1. The average molecular weight is 664 g/mol. The van der Waals surface area contributed by atoms with E-state index in [9.17, 15) is 9.59 Å². The van der Waals surface area contributed by atoms with Crippen molar-refractivity contribution in [3.63, 3.8) is 0 Å². The zero-order valence-corrected chi connectivity index (χ0v) is 27.7. The van der Waals surface area contributed by atoms with Crippen molar-refractivity contribution in [2.24, 2.45) is 0 Å². The van der Waals surface area contributed by atoms with Gasteiger partial charge in [-0.2, -0.15) is 0 Å². The molecule has 1 amide bonds. The Bertz CT molecular complexity index is 1670. The number of benzene rings is 3. The van der Waals surface area contributed by atoms with Gasteiger partial charge in [0.2, 0.25) is 0 Å². The van der Waals surface area contributed by atoms with Crippen LogP contribution in [0.15, 0.2) is 72.8 Å². The summed E-state index contributed by atoms with van der Waals surface area (Å²) in [6.07, 6.45) is 2.12. The fraction of sp³-hybridized carbons (Fsp3) is 0.389. The second-order valence-corrected chi connectivity index (χ2v) is 12.4. The van der Waals surface area contributed by atoms with Crippen LogP contribution in [0.5, 0.6) is 0 Å². The highest BCUT2D eigenvalue weighted by Crippen LogP contribution is 2.44. The van der Waals surface area contributed by atoms with Crippen molar-refractivity contribution in [1.82, 2.24) is 9.47 Å². The van der Waals surface area contributed by atoms with E-state index in [-0.39, 0.29) is 18.0 Å². The Morgan fingerprint density at radius 3 is 2.41 bits per heavy atom. The van der Waals surface area contributed by atoms with Crippen LogP contribution in [0.3, 0.4) is 0 Å². The molecule has 2 aliphatic heterocycles. The number of alkyl halides is 2. The van der Waals surface area contributed by atoms with Crippen LogP contribution in [0.2, 0.25) is 0 Å². The molecule has 1 atom stereocenters. The van der Waals surface area contributed by atoms with Gasteiger partial charge in [0, 0.05) is 81.2 Å². The standard InChI is InChI=1S/C36H40Cl2N4O4/c1-39-31-10-4-3-9-30(31)35(43)42-20-16-29-28-8-2-5-11-32(28)41(33(29)34(39)42)19-6-23-45-24-7-25-46-36(44)26-12-14-27(15-13-26)40(21-17-37)22-18-38/h2-5,8-15,34H,6-7,16-25H2,1H3. The Morgan fingerprint density at radius 2 is 1.63 bits per heavy atom. The van der Waals surface area contributed by atoms with Gasteiger partial charge < -0.3 is 28.7 Å². The van der Waals surface area contributed by atoms with E-state index in [0.29, 0.717) is 63.2 Å². The van der Waals surface area contributed by atoms with Crippen molar-refractivity contribution in [1.29, 1.82) is 0 Å². The van der Waals surface area contributed by atoms with E-state index in [0.717, 1.165) is 36.3 Å². The van der Waals surface area contributed by atoms with Crippen molar-refractivity contribution in [2.45, 2.75) is 32.0 Å². The number of aryl methyl sites for hydroxylation is 1. The SMILES string of the molecule is CN1c2ccccc2C(=O)N2CCc3c(n(CCCOCCCOC(=O)c4ccc(N(CCCl)CCCl)cc4)c4ccccc34)C21. The third-order valence-corrected chi connectivity index (χ3v) is 9.26. The first-order chi connectivity index (χ1) is 22.5. The van der Waals surface area contributed by atoms with Crippen molar-refractivity contribution < 1.29 is 19.1 Å². The maximum absolute atomic E-state index is 13.6. The maximum Gasteiger partial charge on any atom is 0.338 e. The molecule has 3 heterocycles. The molecule has 242 valence electrons. The van der Waals surface area contributed by atoms with Gasteiger partial charge in [-0.25, -0.2) is 4.79 Å². The van der Waals surface area contributed by atoms with Gasteiger partial charge in [-0.15, -0.1) is 23.2 Å². The first kappa shape index (κ1) is 32.2. The van der Waals surface area contributed by atoms with Gasteiger partial charge in [0.15, 0.2) is 0 Å². The van der Waals surface area contributed by atoms with Crippen LogP contribution in [0.1, 0.15) is 51.0 Å². The van der Waals surface area contributed by atoms with E-state index >= 15 is 0 Å². The molecule has 10 heteroatoms. The zero-order valence-electron chi connectivity index (χ0n) is 26.2. The molecule has 0 spiro atoms. The lowest BCUT2D eigenvalue weighted by atomic mass is 9.96. The average Bonchev–Trinajstić information content (AvgIpc) is 3.41. The molecule has 4 aromatic rings. The molecule has 46 heavy (non-hydrogen) atoms. The Labute approximate surface area is 280 Å². The minimum Gasteiger partial charge on any atom is -0.462 e. The highest BCUT2D eigenvalue weighted by Gasteiger charge is 2.42. The van der Waals surface area contributed by atoms with Gasteiger partial charge in [-0.1, -0.05) is 30.3 Å². The summed E-state index contributed by atoms with van der Waals surface area (Å²) in [6.45, 7) is 4.24. The van der Waals surface area contributed by atoms with Crippen LogP contribution in [0.4, 0.5) is 11.4 Å². The molecule has 0 aliphatic carbocycles. The number of hydrogen-bond acceptors (Lipinski definition) is 6. The number of carbonyl (C=O) groups is 2. The van der Waals surface area contributed by atoms with Crippen LogP contribution < -0.4 is 9.80 Å². The first-order valence-electron chi connectivity index (χ1n) is 16.0. The largest absolute Gasteiger partial charge is 0.462 e. The quantitative estimate of drug-likeness (QED) is 0.0848. The molecular weight excluding hydrogens is 623 g/mol. The predicted octanol–water partition coefficient (Wildman–Crippen LogP) is 6.73. The number of esters is 1. The molecule has 2 aliphatic rings. The van der Waals surface area contributed by atoms with Crippen molar-refractivity contribution in [2.75, 3.05) is 68.1 Å². The van der Waals surface area contributed by atoms with E-state index in [4.69, 9.17) is 32.7 Å². The molecule has 0 fully saturated rings. The summed E-state index contributed by atoms with van der Waals surface area (Å²) in [4.78, 5) is 32.4. The van der Waals surface area contributed by atoms with Gasteiger partial charge in [-0.05, 0) is 60.9 Å². The Kier molecular flexibility index (Phi) is 10.4. The summed E-state index contributed by atoms with van der Waals surface area (Å²) in [5.74, 6) is 0.753. The molecule has 0 N–H and O–H groups in total. The first-order valence-corrected chi connectivity index (χ1v) is 17.0. The summed E-state index contributed by atoms with van der Waals surface area (Å²) in [7, 11) is 2.09. The Morgan fingerprint density at radius 1 is 0.913 bits per heavy atom. The van der Waals surface area contributed by atoms with Crippen LogP contribution in [-0.4, -0.2) is 79.6 Å². The number of carbonyl (C=O) groups excluding carboxylic acids is 2. The predicted molar refractivity (Wildman–Crippen MR) is 185 cm³/mol. The molecule has 8 nitrogen and oxygen atoms in total. The number of nitrogens with zero attached hydrogens (tertiary/aromatic N) is 4. The van der Waals surface area contributed by atoms with Crippen molar-refractivity contribution >= 4 is 57.4 Å². The van der Waals surface area contributed by atoms with Crippen molar-refractivity contribution in [3.8, 4) is 0 Å². The van der Waals surface area contributed by atoms with Gasteiger partial charge in [0.25, 0.3) is 5.91 Å². The minimum atomic E-state index is -0.347. The molecule has 6 rings (SSSR count). The van der Waals surface area contributed by atoms with Crippen LogP contribution in [0, 0.1) is 0 Å². The second kappa shape index (κ2) is 14.8. The third-order valence-electron chi connectivity index (χ3n) is 8.92. The van der Waals surface area contributed by atoms with Crippen LogP contribution in [0.25, 0.3) is 10.9 Å². The van der Waals surface area contributed by atoms with Gasteiger partial charge in [-0.3, -0.25) is 4.79 Å². The van der Waals surface area contributed by atoms with Crippen LogP contribution >= 0.6 is 23.2 Å². The highest BCUT2D eigenvalue weighted by atomic mass is 35.5. The lowest BCUT2D eigenvalue weighted by molar-refractivity contribution is 0.0442. The number of para-hydroxylation sites is 2. The molecule has 0 saturated heterocycles. The summed E-state index contributed by atoms with van der Waals surface area (Å²) in [6, 6.07) is 23.8. The van der Waals surface area contributed by atoms with E-state index in [2.05, 4.69) is 45.7 Å². The van der Waals surface area contributed by atoms with Gasteiger partial charge >= 0.3 is 5.97 Å². The van der Waals surface area contributed by atoms with E-state index in [1.54, 1.807) is 12.1 Å². The topological polar surface area (TPSA) is 67.3 Å². The number of halogens is 2. The lowest BCUT2D eigenvalue weighted by Crippen LogP contribution is -2.51. The molecule has 1 aromatic heterocycles. The zero-order chi connectivity index (χ0) is 32.0. The summed E-state index contributed by atoms with van der Waals surface area (Å²) < 4.78 is 13.8. The molecule has 1 unspecified atom stereocenters. The number of ether oxygens (including phenoxy) is 2. The maximum atomic E-state index is 13.6. The summed E-state index contributed by atoms with van der Waals surface area (Å²) in [5.41, 5.74) is 6.93. The van der Waals surface area contributed by atoms with Crippen LogP contribution in [-0.2, 0) is 22.4 Å². The fourth-order valence-corrected chi connectivity index (χ4v) is 7.18. The fourth-order valence-electron chi connectivity index (χ4n) is 6.77. The number of hydrogen-bond donors (Lipinski definition) is 0. The highest BCUT2D eigenvalue weighted by molar-refractivity contribution is 6.18. The number of anilines is 2. The Balaban J connectivity index is 1.02. The monoisotopic (exact) mass is 662 g/mol. The molecule has 3 aromatic carbocycles. The van der Waals surface area contributed by atoms with Gasteiger partial charge in [0.05, 0.1) is 29.1 Å². The molecule has 0 radical (unpaired) electrons. The lowest BCUT2D eigenvalue weighted by Gasteiger charge is -2.46. The smallest absolute Gasteiger partial charge is 0.338 e. The molecular formula is C36H40Cl2N4O4. The summed E-state index contributed by atoms with van der Waals surface area (Å²) >= 11 is 11.8.